The van der Waals surface area contributed by atoms with Crippen LogP contribution in [-0.2, 0) is 6.42 Å². The van der Waals surface area contributed by atoms with Gasteiger partial charge in [-0.05, 0) is 48.1 Å². The second-order valence-corrected chi connectivity index (χ2v) is 4.92. The topological polar surface area (TPSA) is 36.7 Å². The molecule has 2 nitrogen and oxygen atoms in total. The molecule has 2 aromatic rings. The molecule has 1 aromatic carbocycles. The molecule has 0 unspecified atom stereocenters. The van der Waals surface area contributed by atoms with Crippen molar-refractivity contribution in [1.82, 2.24) is 4.98 Å². The average Bonchev–Trinajstić information content (AvgIpc) is 3.26. The molecule has 0 N–H and O–H groups in total. The molecule has 19 heavy (non-hydrogen) atoms. The molecule has 0 aliphatic heterocycles. The number of rotatable bonds is 3. The second-order valence-electron chi connectivity index (χ2n) is 4.92. The molecule has 1 saturated carbocycles. The van der Waals surface area contributed by atoms with Gasteiger partial charge in [-0.15, -0.1) is 0 Å². The first-order valence-corrected chi connectivity index (χ1v) is 6.40. The molecule has 3 heteroatoms. The first-order chi connectivity index (χ1) is 9.26. The summed E-state index contributed by atoms with van der Waals surface area (Å²) in [4.78, 5) is 4.42. The van der Waals surface area contributed by atoms with E-state index >= 15 is 0 Å². The molecule has 1 aliphatic rings. The summed E-state index contributed by atoms with van der Waals surface area (Å²) >= 11 is 0. The van der Waals surface area contributed by atoms with Crippen LogP contribution in [0.25, 0.3) is 0 Å². The Morgan fingerprint density at radius 2 is 1.89 bits per heavy atom. The van der Waals surface area contributed by atoms with Crippen molar-refractivity contribution in [3.63, 3.8) is 0 Å². The van der Waals surface area contributed by atoms with Crippen LogP contribution in [0.3, 0.4) is 0 Å². The Balaban J connectivity index is 1.94. The summed E-state index contributed by atoms with van der Waals surface area (Å²) in [5.41, 5.74) is 3.66. The van der Waals surface area contributed by atoms with Gasteiger partial charge >= 0.3 is 0 Å². The zero-order valence-electron chi connectivity index (χ0n) is 10.4. The lowest BCUT2D eigenvalue weighted by atomic mass is 10.0. The number of nitriles is 1. The van der Waals surface area contributed by atoms with Gasteiger partial charge in [0, 0.05) is 12.1 Å². The smallest absolute Gasteiger partial charge is 0.140 e. The van der Waals surface area contributed by atoms with E-state index in [9.17, 15) is 4.39 Å². The monoisotopic (exact) mass is 252 g/mol. The van der Waals surface area contributed by atoms with Crippen LogP contribution in [-0.4, -0.2) is 4.98 Å². The van der Waals surface area contributed by atoms with Gasteiger partial charge in [0.2, 0.25) is 0 Å². The Morgan fingerprint density at radius 3 is 2.53 bits per heavy atom. The molecule has 0 saturated heterocycles. The maximum atomic E-state index is 12.9. The molecule has 0 amide bonds. The van der Waals surface area contributed by atoms with Gasteiger partial charge in [-0.2, -0.15) is 5.26 Å². The van der Waals surface area contributed by atoms with E-state index in [1.54, 1.807) is 18.2 Å². The lowest BCUT2D eigenvalue weighted by molar-refractivity contribution is 0.627. The maximum Gasteiger partial charge on any atom is 0.140 e. The molecular weight excluding hydrogens is 239 g/mol. The van der Waals surface area contributed by atoms with E-state index in [4.69, 9.17) is 5.26 Å². The summed E-state index contributed by atoms with van der Waals surface area (Å²) in [6, 6.07) is 12.3. The van der Waals surface area contributed by atoms with Crippen molar-refractivity contribution >= 4 is 0 Å². The molecule has 1 aliphatic carbocycles. The average molecular weight is 252 g/mol. The number of pyridine rings is 1. The van der Waals surface area contributed by atoms with E-state index in [2.05, 4.69) is 11.1 Å². The molecule has 0 radical (unpaired) electrons. The van der Waals surface area contributed by atoms with Gasteiger partial charge in [0.1, 0.15) is 17.6 Å². The highest BCUT2D eigenvalue weighted by molar-refractivity contribution is 5.36. The van der Waals surface area contributed by atoms with Gasteiger partial charge in [-0.25, -0.2) is 9.37 Å². The van der Waals surface area contributed by atoms with Gasteiger partial charge in [0.15, 0.2) is 0 Å². The predicted molar refractivity (Wildman–Crippen MR) is 70.1 cm³/mol. The molecular formula is C16H13FN2. The number of nitrogens with zero attached hydrogens (tertiary/aromatic N) is 2. The van der Waals surface area contributed by atoms with Crippen LogP contribution in [0.5, 0.6) is 0 Å². The van der Waals surface area contributed by atoms with Crippen LogP contribution in [0, 0.1) is 17.1 Å². The van der Waals surface area contributed by atoms with Gasteiger partial charge in [0.05, 0.1) is 0 Å². The van der Waals surface area contributed by atoms with Crippen LogP contribution < -0.4 is 0 Å². The van der Waals surface area contributed by atoms with Crippen molar-refractivity contribution in [2.75, 3.05) is 0 Å². The zero-order valence-corrected chi connectivity index (χ0v) is 10.4. The van der Waals surface area contributed by atoms with Gasteiger partial charge in [0.25, 0.3) is 0 Å². The Morgan fingerprint density at radius 1 is 1.16 bits per heavy atom. The largest absolute Gasteiger partial charge is 0.241 e. The van der Waals surface area contributed by atoms with Crippen molar-refractivity contribution in [2.24, 2.45) is 0 Å². The molecule has 0 spiro atoms. The van der Waals surface area contributed by atoms with Crippen LogP contribution in [0.1, 0.15) is 41.3 Å². The predicted octanol–water partition coefficient (Wildman–Crippen LogP) is 3.56. The molecule has 1 heterocycles. The number of aromatic nitrogens is 1. The normalized spacial score (nSPS) is 14.1. The highest BCUT2D eigenvalue weighted by atomic mass is 19.1. The fraction of sp³-hybridized carbons (Fsp3) is 0.250. The minimum Gasteiger partial charge on any atom is -0.241 e. The van der Waals surface area contributed by atoms with E-state index in [1.165, 1.54) is 30.5 Å². The number of halogens is 1. The molecule has 0 bridgehead atoms. The Hall–Kier alpha value is -2.21. The SMILES string of the molecule is N#Cc1ccc(C2CC2)c(Cc2ccc(F)cc2)n1. The number of hydrogen-bond acceptors (Lipinski definition) is 2. The lowest BCUT2D eigenvalue weighted by Gasteiger charge is -2.08. The van der Waals surface area contributed by atoms with Gasteiger partial charge < -0.3 is 0 Å². The fourth-order valence-electron chi connectivity index (χ4n) is 2.28. The summed E-state index contributed by atoms with van der Waals surface area (Å²) in [5, 5.41) is 8.95. The highest BCUT2D eigenvalue weighted by Crippen LogP contribution is 2.41. The molecule has 1 fully saturated rings. The van der Waals surface area contributed by atoms with Crippen molar-refractivity contribution in [3.8, 4) is 6.07 Å². The summed E-state index contributed by atoms with van der Waals surface area (Å²) in [6.45, 7) is 0. The van der Waals surface area contributed by atoms with Crippen molar-refractivity contribution in [1.29, 1.82) is 5.26 Å². The van der Waals surface area contributed by atoms with Crippen molar-refractivity contribution in [3.05, 3.63) is 64.7 Å². The van der Waals surface area contributed by atoms with Gasteiger partial charge in [-0.3, -0.25) is 0 Å². The molecule has 1 aromatic heterocycles. The molecule has 0 atom stereocenters. The molecule has 94 valence electrons. The summed E-state index contributed by atoms with van der Waals surface area (Å²) in [6.07, 6.45) is 3.05. The standard InChI is InChI=1S/C16H13FN2/c17-13-5-1-11(2-6-13)9-16-15(12-3-4-12)8-7-14(10-18)19-16/h1-2,5-8,12H,3-4,9H2. The van der Waals surface area contributed by atoms with E-state index in [1.807, 2.05) is 6.07 Å². The van der Waals surface area contributed by atoms with Crippen LogP contribution in [0.2, 0.25) is 0 Å². The van der Waals surface area contributed by atoms with E-state index in [0.29, 0.717) is 18.0 Å². The first kappa shape index (κ1) is 11.9. The van der Waals surface area contributed by atoms with Crippen molar-refractivity contribution in [2.45, 2.75) is 25.2 Å². The second kappa shape index (κ2) is 4.81. The minimum atomic E-state index is -0.232. The Kier molecular flexibility index (Phi) is 3.00. The quantitative estimate of drug-likeness (QED) is 0.837. The van der Waals surface area contributed by atoms with E-state index in [-0.39, 0.29) is 5.82 Å². The summed E-state index contributed by atoms with van der Waals surface area (Å²) < 4.78 is 12.9. The summed E-state index contributed by atoms with van der Waals surface area (Å²) in [7, 11) is 0. The van der Waals surface area contributed by atoms with Crippen LogP contribution >= 0.6 is 0 Å². The van der Waals surface area contributed by atoms with Crippen LogP contribution in [0.4, 0.5) is 4.39 Å². The molecule has 3 rings (SSSR count). The Bertz CT molecular complexity index is 637. The third-order valence-electron chi connectivity index (χ3n) is 3.43. The third-order valence-corrected chi connectivity index (χ3v) is 3.43. The maximum absolute atomic E-state index is 12.9. The van der Waals surface area contributed by atoms with Crippen LogP contribution in [0.15, 0.2) is 36.4 Å². The number of hydrogen-bond donors (Lipinski definition) is 0. The van der Waals surface area contributed by atoms with E-state index in [0.717, 1.165) is 11.3 Å². The summed E-state index contributed by atoms with van der Waals surface area (Å²) in [5.74, 6) is 0.362. The third kappa shape index (κ3) is 2.63. The van der Waals surface area contributed by atoms with Gasteiger partial charge in [-0.1, -0.05) is 18.2 Å². The minimum absolute atomic E-state index is 0.232. The zero-order chi connectivity index (χ0) is 13.2. The number of benzene rings is 1. The fourth-order valence-corrected chi connectivity index (χ4v) is 2.28. The Labute approximate surface area is 111 Å². The van der Waals surface area contributed by atoms with Crippen molar-refractivity contribution < 1.29 is 4.39 Å². The first-order valence-electron chi connectivity index (χ1n) is 6.40. The highest BCUT2D eigenvalue weighted by Gasteiger charge is 2.26. The van der Waals surface area contributed by atoms with E-state index < -0.39 is 0 Å². The lowest BCUT2D eigenvalue weighted by Crippen LogP contribution is -2.00.